The number of esters is 1. The van der Waals surface area contributed by atoms with Crippen LogP contribution in [0.3, 0.4) is 0 Å². The summed E-state index contributed by atoms with van der Waals surface area (Å²) in [6.07, 6.45) is -8.63. The molecule has 0 aliphatic heterocycles. The predicted molar refractivity (Wildman–Crippen MR) is 58.4 cm³/mol. The molecule has 0 saturated carbocycles. The molecule has 1 rings (SSSR count). The molecule has 0 amide bonds. The van der Waals surface area contributed by atoms with Crippen molar-refractivity contribution in [1.29, 1.82) is 0 Å². The minimum atomic E-state index is -5.00. The van der Waals surface area contributed by atoms with Crippen molar-refractivity contribution >= 4 is 5.97 Å². The Hall–Kier alpha value is -1.86. The van der Waals surface area contributed by atoms with E-state index in [1.54, 1.807) is 0 Å². The van der Waals surface area contributed by atoms with Crippen LogP contribution in [0.5, 0.6) is 5.75 Å². The first-order valence-electron chi connectivity index (χ1n) is 5.47. The van der Waals surface area contributed by atoms with Crippen molar-refractivity contribution in [2.24, 2.45) is 0 Å². The van der Waals surface area contributed by atoms with Gasteiger partial charge < -0.3 is 9.47 Å². The van der Waals surface area contributed by atoms with Crippen LogP contribution >= 0.6 is 0 Å². The number of hydrogen-bond acceptors (Lipinski definition) is 3. The Morgan fingerprint density at radius 1 is 1.30 bits per heavy atom. The Balaban J connectivity index is 3.09. The molecule has 0 atom stereocenters. The highest BCUT2D eigenvalue weighted by molar-refractivity contribution is 5.69. The molecule has 1 aromatic carbocycles. The van der Waals surface area contributed by atoms with Crippen LogP contribution in [0.25, 0.3) is 0 Å². The van der Waals surface area contributed by atoms with E-state index in [-0.39, 0.29) is 18.4 Å². The molecule has 1 aromatic rings. The van der Waals surface area contributed by atoms with Gasteiger partial charge in [-0.15, -0.1) is 13.2 Å². The van der Waals surface area contributed by atoms with Crippen molar-refractivity contribution in [3.8, 4) is 5.75 Å². The molecule has 20 heavy (non-hydrogen) atoms. The van der Waals surface area contributed by atoms with Crippen LogP contribution in [0.4, 0.5) is 22.0 Å². The normalized spacial score (nSPS) is 11.6. The van der Waals surface area contributed by atoms with E-state index in [0.29, 0.717) is 0 Å². The van der Waals surface area contributed by atoms with Gasteiger partial charge in [-0.1, -0.05) is 12.1 Å². The summed E-state index contributed by atoms with van der Waals surface area (Å²) in [5.74, 6) is -1.45. The fraction of sp³-hybridized carbons (Fsp3) is 0.417. The maximum absolute atomic E-state index is 12.8. The summed E-state index contributed by atoms with van der Waals surface area (Å²) in [6.45, 7) is 0. The van der Waals surface area contributed by atoms with Crippen molar-refractivity contribution in [1.82, 2.24) is 0 Å². The van der Waals surface area contributed by atoms with Crippen LogP contribution in [-0.4, -0.2) is 19.4 Å². The Morgan fingerprint density at radius 2 is 1.95 bits per heavy atom. The maximum atomic E-state index is 12.8. The van der Waals surface area contributed by atoms with E-state index in [4.69, 9.17) is 0 Å². The lowest BCUT2D eigenvalue weighted by molar-refractivity contribution is -0.274. The zero-order chi connectivity index (χ0) is 15.3. The second kappa shape index (κ2) is 6.53. The van der Waals surface area contributed by atoms with Crippen molar-refractivity contribution in [2.75, 3.05) is 7.11 Å². The molecule has 0 unspecified atom stereocenters. The van der Waals surface area contributed by atoms with Gasteiger partial charge >= 0.3 is 12.3 Å². The molecule has 0 aliphatic rings. The summed E-state index contributed by atoms with van der Waals surface area (Å²) >= 11 is 0. The van der Waals surface area contributed by atoms with Crippen LogP contribution in [0.15, 0.2) is 18.2 Å². The zero-order valence-electron chi connectivity index (χ0n) is 10.3. The Morgan fingerprint density at radius 3 is 2.45 bits per heavy atom. The summed E-state index contributed by atoms with van der Waals surface area (Å²) in [6, 6.07) is 2.94. The van der Waals surface area contributed by atoms with Gasteiger partial charge in [0.2, 0.25) is 0 Å². The lowest BCUT2D eigenvalue weighted by Crippen LogP contribution is -2.19. The lowest BCUT2D eigenvalue weighted by Gasteiger charge is -2.16. The third-order valence-electron chi connectivity index (χ3n) is 2.44. The molecule has 0 aliphatic carbocycles. The van der Waals surface area contributed by atoms with E-state index < -0.39 is 30.1 Å². The van der Waals surface area contributed by atoms with E-state index >= 15 is 0 Å². The van der Waals surface area contributed by atoms with E-state index in [2.05, 4.69) is 9.47 Å². The average Bonchev–Trinajstić information content (AvgIpc) is 2.34. The number of methoxy groups -OCH3 is 1. The van der Waals surface area contributed by atoms with Gasteiger partial charge in [-0.25, -0.2) is 8.78 Å². The minimum Gasteiger partial charge on any atom is -0.469 e. The molecule has 0 fully saturated rings. The van der Waals surface area contributed by atoms with Gasteiger partial charge in [0.05, 0.1) is 7.11 Å². The van der Waals surface area contributed by atoms with E-state index in [1.807, 2.05) is 0 Å². The highest BCUT2D eigenvalue weighted by atomic mass is 19.4. The van der Waals surface area contributed by atoms with Crippen molar-refractivity contribution < 1.29 is 36.2 Å². The van der Waals surface area contributed by atoms with Gasteiger partial charge in [0.15, 0.2) is 0 Å². The van der Waals surface area contributed by atoms with Crippen LogP contribution in [0.1, 0.15) is 24.0 Å². The van der Waals surface area contributed by atoms with Crippen molar-refractivity contribution in [3.63, 3.8) is 0 Å². The standard InChI is InChI=1S/C12H11F5O3/c1-19-10(18)6-5-7-8(11(13)14)3-2-4-9(7)20-12(15,16)17/h2-4,11H,5-6H2,1H3. The zero-order valence-corrected chi connectivity index (χ0v) is 10.3. The molecule has 3 nitrogen and oxygen atoms in total. The number of carbonyl (C=O) groups is 1. The first-order chi connectivity index (χ1) is 9.24. The molecular weight excluding hydrogens is 287 g/mol. The molecule has 0 spiro atoms. The van der Waals surface area contributed by atoms with Gasteiger partial charge in [-0.3, -0.25) is 4.79 Å². The molecule has 0 heterocycles. The fourth-order valence-corrected chi connectivity index (χ4v) is 1.60. The van der Waals surface area contributed by atoms with E-state index in [0.717, 1.165) is 25.3 Å². The summed E-state index contributed by atoms with van der Waals surface area (Å²) < 4.78 is 70.3. The number of ether oxygens (including phenoxy) is 2. The molecule has 112 valence electrons. The molecule has 0 bridgehead atoms. The largest absolute Gasteiger partial charge is 0.573 e. The third-order valence-corrected chi connectivity index (χ3v) is 2.44. The molecule has 0 radical (unpaired) electrons. The number of hydrogen-bond donors (Lipinski definition) is 0. The molecule has 0 saturated heterocycles. The summed E-state index contributed by atoms with van der Waals surface area (Å²) in [5, 5.41) is 0. The lowest BCUT2D eigenvalue weighted by atomic mass is 10.0. The number of halogens is 5. The predicted octanol–water partition coefficient (Wildman–Crippen LogP) is 3.63. The van der Waals surface area contributed by atoms with Crippen LogP contribution in [-0.2, 0) is 16.0 Å². The van der Waals surface area contributed by atoms with Crippen molar-refractivity contribution in [3.05, 3.63) is 29.3 Å². The molecule has 0 N–H and O–H groups in total. The summed E-state index contributed by atoms with van der Waals surface area (Å²) in [4.78, 5) is 11.0. The van der Waals surface area contributed by atoms with Gasteiger partial charge in [-0.05, 0) is 12.5 Å². The Labute approximate surface area is 111 Å². The highest BCUT2D eigenvalue weighted by Gasteiger charge is 2.33. The minimum absolute atomic E-state index is 0.325. The van der Waals surface area contributed by atoms with E-state index in [9.17, 15) is 26.7 Å². The monoisotopic (exact) mass is 298 g/mol. The van der Waals surface area contributed by atoms with Crippen LogP contribution < -0.4 is 4.74 Å². The molecule has 8 heteroatoms. The van der Waals surface area contributed by atoms with Gasteiger partial charge in [0.1, 0.15) is 5.75 Å². The summed E-state index contributed by atoms with van der Waals surface area (Å²) in [7, 11) is 1.09. The van der Waals surface area contributed by atoms with Gasteiger partial charge in [0, 0.05) is 17.5 Å². The summed E-state index contributed by atoms with van der Waals surface area (Å²) in [5.41, 5.74) is -0.958. The second-order valence-electron chi connectivity index (χ2n) is 3.75. The SMILES string of the molecule is COC(=O)CCc1c(OC(F)(F)F)cccc1C(F)F. The maximum Gasteiger partial charge on any atom is 0.573 e. The number of rotatable bonds is 5. The topological polar surface area (TPSA) is 35.5 Å². The second-order valence-corrected chi connectivity index (χ2v) is 3.75. The average molecular weight is 298 g/mol. The van der Waals surface area contributed by atoms with E-state index in [1.165, 1.54) is 0 Å². The Kier molecular flexibility index (Phi) is 5.29. The van der Waals surface area contributed by atoms with Gasteiger partial charge in [0.25, 0.3) is 6.43 Å². The van der Waals surface area contributed by atoms with Crippen LogP contribution in [0.2, 0.25) is 0 Å². The quantitative estimate of drug-likeness (QED) is 0.615. The Bertz CT molecular complexity index is 471. The fourth-order valence-electron chi connectivity index (χ4n) is 1.60. The van der Waals surface area contributed by atoms with Gasteiger partial charge in [-0.2, -0.15) is 0 Å². The first-order valence-corrected chi connectivity index (χ1v) is 5.47. The highest BCUT2D eigenvalue weighted by Crippen LogP contribution is 2.34. The van der Waals surface area contributed by atoms with Crippen molar-refractivity contribution in [2.45, 2.75) is 25.6 Å². The third kappa shape index (κ3) is 4.67. The molecule has 0 aromatic heterocycles. The smallest absolute Gasteiger partial charge is 0.469 e. The first kappa shape index (κ1) is 16.2. The number of alkyl halides is 5. The molecular formula is C12H11F5O3. The number of carbonyl (C=O) groups excluding carboxylic acids is 1. The van der Waals surface area contributed by atoms with Crippen LogP contribution in [0, 0.1) is 0 Å². The number of benzene rings is 1.